The zero-order valence-corrected chi connectivity index (χ0v) is 16.6. The molecule has 2 aromatic rings. The Morgan fingerprint density at radius 2 is 2.11 bits per heavy atom. The second-order valence-corrected chi connectivity index (χ2v) is 7.71. The molecule has 0 aliphatic carbocycles. The van der Waals surface area contributed by atoms with Crippen LogP contribution in [0.5, 0.6) is 0 Å². The minimum absolute atomic E-state index is 0.0821. The number of rotatable bonds is 6. The third-order valence-corrected chi connectivity index (χ3v) is 5.67. The van der Waals surface area contributed by atoms with Crippen LogP contribution in [0.3, 0.4) is 0 Å². The molecule has 1 amide bonds. The molecule has 8 nitrogen and oxygen atoms in total. The first kappa shape index (κ1) is 20.1. The molecule has 2 N–H and O–H groups in total. The summed E-state index contributed by atoms with van der Waals surface area (Å²) >= 11 is 1.35. The molecule has 2 heterocycles. The summed E-state index contributed by atoms with van der Waals surface area (Å²) in [5.41, 5.74) is 1.00. The Morgan fingerprint density at radius 1 is 1.36 bits per heavy atom. The standard InChI is InChI=1S/C19H23N3O5S/c1-12-16(17(23)24)21-18(28-12)22-9-8-14(15(10-22)26-2)20-19(25)27-11-13-6-4-3-5-7-13/h3-7,14-15H,8-11H2,1-2H3,(H,20,25)(H,23,24)/t14-,15+/m0/s1. The molecule has 1 aromatic heterocycles. The van der Waals surface area contributed by atoms with E-state index in [0.717, 1.165) is 5.56 Å². The zero-order chi connectivity index (χ0) is 20.1. The predicted molar refractivity (Wildman–Crippen MR) is 105 cm³/mol. The lowest BCUT2D eigenvalue weighted by Crippen LogP contribution is -2.55. The summed E-state index contributed by atoms with van der Waals surface area (Å²) < 4.78 is 10.8. The molecular formula is C19H23N3O5S. The SMILES string of the molecule is CO[C@@H]1CN(c2nc(C(=O)O)c(C)s2)CC[C@@H]1NC(=O)OCc1ccccc1. The van der Waals surface area contributed by atoms with Crippen LogP contribution >= 0.6 is 11.3 Å². The van der Waals surface area contributed by atoms with Crippen molar-refractivity contribution in [3.63, 3.8) is 0 Å². The van der Waals surface area contributed by atoms with E-state index in [-0.39, 0.29) is 24.4 Å². The van der Waals surface area contributed by atoms with Crippen LogP contribution in [0.4, 0.5) is 9.93 Å². The number of carbonyl (C=O) groups excluding carboxylic acids is 1. The Balaban J connectivity index is 1.56. The summed E-state index contributed by atoms with van der Waals surface area (Å²) in [6.45, 7) is 3.09. The van der Waals surface area contributed by atoms with Gasteiger partial charge in [0.25, 0.3) is 0 Å². The fraction of sp³-hybridized carbons (Fsp3) is 0.421. The first-order valence-corrected chi connectivity index (χ1v) is 9.75. The highest BCUT2D eigenvalue weighted by Gasteiger charge is 2.32. The summed E-state index contributed by atoms with van der Waals surface area (Å²) in [6.07, 6.45) is -0.0990. The molecule has 1 aromatic carbocycles. The average molecular weight is 405 g/mol. The number of ether oxygens (including phenoxy) is 2. The lowest BCUT2D eigenvalue weighted by atomic mass is 10.0. The van der Waals surface area contributed by atoms with Gasteiger partial charge < -0.3 is 24.8 Å². The average Bonchev–Trinajstić information content (AvgIpc) is 3.09. The number of hydrogen-bond donors (Lipinski definition) is 2. The zero-order valence-electron chi connectivity index (χ0n) is 15.8. The van der Waals surface area contributed by atoms with Crippen molar-refractivity contribution in [3.05, 3.63) is 46.5 Å². The van der Waals surface area contributed by atoms with Crippen LogP contribution in [0.1, 0.15) is 27.3 Å². The molecule has 3 rings (SSSR count). The van der Waals surface area contributed by atoms with Gasteiger partial charge in [0.2, 0.25) is 0 Å². The van der Waals surface area contributed by atoms with Crippen molar-refractivity contribution in [3.8, 4) is 0 Å². The molecule has 1 saturated heterocycles. The summed E-state index contributed by atoms with van der Waals surface area (Å²) in [5, 5.41) is 12.7. The molecule has 2 atom stereocenters. The topological polar surface area (TPSA) is 101 Å². The number of anilines is 1. The maximum absolute atomic E-state index is 12.1. The van der Waals surface area contributed by atoms with Gasteiger partial charge in [-0.05, 0) is 18.9 Å². The van der Waals surface area contributed by atoms with Crippen LogP contribution in [-0.2, 0) is 16.1 Å². The molecule has 9 heteroatoms. The van der Waals surface area contributed by atoms with Crippen LogP contribution in [0.2, 0.25) is 0 Å². The highest BCUT2D eigenvalue weighted by Crippen LogP contribution is 2.28. The summed E-state index contributed by atoms with van der Waals surface area (Å²) in [6, 6.07) is 9.29. The molecule has 1 aliphatic heterocycles. The van der Waals surface area contributed by atoms with Gasteiger partial charge in [0.15, 0.2) is 10.8 Å². The number of nitrogens with one attached hydrogen (secondary N) is 1. The number of benzene rings is 1. The monoisotopic (exact) mass is 405 g/mol. The number of methoxy groups -OCH3 is 1. The van der Waals surface area contributed by atoms with E-state index in [0.29, 0.717) is 29.5 Å². The molecule has 1 aliphatic rings. The molecule has 1 fully saturated rings. The molecule has 0 unspecified atom stereocenters. The number of amides is 1. The Kier molecular flexibility index (Phi) is 6.48. The molecule has 0 spiro atoms. The van der Waals surface area contributed by atoms with Crippen molar-refractivity contribution in [1.82, 2.24) is 10.3 Å². The van der Waals surface area contributed by atoms with Gasteiger partial charge in [-0.3, -0.25) is 0 Å². The lowest BCUT2D eigenvalue weighted by Gasteiger charge is -2.37. The highest BCUT2D eigenvalue weighted by atomic mass is 32.1. The maximum atomic E-state index is 12.1. The first-order chi connectivity index (χ1) is 13.5. The van der Waals surface area contributed by atoms with Gasteiger partial charge in [-0.2, -0.15) is 0 Å². The normalized spacial score (nSPS) is 19.3. The van der Waals surface area contributed by atoms with E-state index >= 15 is 0 Å². The largest absolute Gasteiger partial charge is 0.476 e. The number of alkyl carbamates (subject to hydrolysis) is 1. The van der Waals surface area contributed by atoms with Crippen molar-refractivity contribution in [2.45, 2.75) is 32.1 Å². The van der Waals surface area contributed by atoms with Crippen LogP contribution in [0, 0.1) is 6.92 Å². The molecule has 150 valence electrons. The van der Waals surface area contributed by atoms with Crippen molar-refractivity contribution >= 4 is 28.5 Å². The Bertz CT molecular complexity index is 826. The quantitative estimate of drug-likeness (QED) is 0.762. The van der Waals surface area contributed by atoms with Crippen LogP contribution in [0.25, 0.3) is 0 Å². The van der Waals surface area contributed by atoms with Crippen LogP contribution in [-0.4, -0.2) is 54.5 Å². The summed E-state index contributed by atoms with van der Waals surface area (Å²) in [4.78, 5) is 30.2. The Labute approximate surface area is 167 Å². The first-order valence-electron chi connectivity index (χ1n) is 8.93. The molecule has 28 heavy (non-hydrogen) atoms. The Morgan fingerprint density at radius 3 is 2.75 bits per heavy atom. The van der Waals surface area contributed by atoms with Crippen LogP contribution < -0.4 is 10.2 Å². The minimum atomic E-state index is -1.03. The number of carboxylic acids is 1. The van der Waals surface area contributed by atoms with Gasteiger partial charge in [0.1, 0.15) is 6.61 Å². The highest BCUT2D eigenvalue weighted by molar-refractivity contribution is 7.15. The van der Waals surface area contributed by atoms with Crippen molar-refractivity contribution in [1.29, 1.82) is 0 Å². The van der Waals surface area contributed by atoms with E-state index < -0.39 is 12.1 Å². The predicted octanol–water partition coefficient (Wildman–Crippen LogP) is 2.67. The third kappa shape index (κ3) is 4.79. The number of hydrogen-bond acceptors (Lipinski definition) is 7. The van der Waals surface area contributed by atoms with Gasteiger partial charge in [0, 0.05) is 25.1 Å². The van der Waals surface area contributed by atoms with Gasteiger partial charge in [-0.25, -0.2) is 14.6 Å². The number of aryl methyl sites for hydroxylation is 1. The molecule has 0 bridgehead atoms. The van der Waals surface area contributed by atoms with E-state index in [4.69, 9.17) is 9.47 Å². The third-order valence-electron chi connectivity index (χ3n) is 4.64. The number of thiazole rings is 1. The smallest absolute Gasteiger partial charge is 0.407 e. The fourth-order valence-electron chi connectivity index (χ4n) is 3.13. The van der Waals surface area contributed by atoms with Gasteiger partial charge in [-0.1, -0.05) is 30.3 Å². The van der Waals surface area contributed by atoms with E-state index in [1.54, 1.807) is 14.0 Å². The number of piperidine rings is 1. The lowest BCUT2D eigenvalue weighted by molar-refractivity contribution is 0.0546. The van der Waals surface area contributed by atoms with E-state index in [1.807, 2.05) is 35.2 Å². The molecular weight excluding hydrogens is 382 g/mol. The molecule has 0 radical (unpaired) electrons. The summed E-state index contributed by atoms with van der Waals surface area (Å²) in [7, 11) is 1.59. The number of carbonyl (C=O) groups is 2. The maximum Gasteiger partial charge on any atom is 0.407 e. The number of aromatic carboxylic acids is 1. The van der Waals surface area contributed by atoms with E-state index in [9.17, 15) is 14.7 Å². The second kappa shape index (κ2) is 9.03. The van der Waals surface area contributed by atoms with Crippen molar-refractivity contribution in [2.75, 3.05) is 25.1 Å². The van der Waals surface area contributed by atoms with Crippen molar-refractivity contribution in [2.24, 2.45) is 0 Å². The second-order valence-electron chi connectivity index (χ2n) is 6.53. The molecule has 0 saturated carbocycles. The number of carboxylic acid groups (broad SMARTS) is 1. The van der Waals surface area contributed by atoms with Gasteiger partial charge in [-0.15, -0.1) is 11.3 Å². The Hall–Kier alpha value is -2.65. The number of nitrogens with zero attached hydrogens (tertiary/aromatic N) is 2. The summed E-state index contributed by atoms with van der Waals surface area (Å²) in [5.74, 6) is -1.03. The van der Waals surface area contributed by atoms with E-state index in [2.05, 4.69) is 10.3 Å². The fourth-order valence-corrected chi connectivity index (χ4v) is 4.06. The van der Waals surface area contributed by atoms with Crippen molar-refractivity contribution < 1.29 is 24.2 Å². The van der Waals surface area contributed by atoms with Crippen LogP contribution in [0.15, 0.2) is 30.3 Å². The van der Waals surface area contributed by atoms with E-state index in [1.165, 1.54) is 11.3 Å². The minimum Gasteiger partial charge on any atom is -0.476 e. The van der Waals surface area contributed by atoms with Gasteiger partial charge in [0.05, 0.1) is 12.1 Å². The number of aromatic nitrogens is 1. The van der Waals surface area contributed by atoms with Gasteiger partial charge >= 0.3 is 12.1 Å².